The predicted octanol–water partition coefficient (Wildman–Crippen LogP) is 3.55. The predicted molar refractivity (Wildman–Crippen MR) is 84.1 cm³/mol. The lowest BCUT2D eigenvalue weighted by molar-refractivity contribution is 0.629. The molecule has 4 nitrogen and oxygen atoms in total. The van der Waals surface area contributed by atoms with Gasteiger partial charge in [0.25, 0.3) is 0 Å². The lowest BCUT2D eigenvalue weighted by Crippen LogP contribution is -2.08. The zero-order valence-electron chi connectivity index (χ0n) is 12.7. The second-order valence-corrected chi connectivity index (χ2v) is 5.70. The molecular weight excluding hydrogens is 260 g/mol. The normalized spacial score (nSPS) is 11.4. The van der Waals surface area contributed by atoms with Gasteiger partial charge in [-0.2, -0.15) is 0 Å². The molecule has 2 heterocycles. The van der Waals surface area contributed by atoms with Gasteiger partial charge in [-0.1, -0.05) is 51.1 Å². The van der Waals surface area contributed by atoms with Crippen molar-refractivity contribution < 1.29 is 0 Å². The van der Waals surface area contributed by atoms with Gasteiger partial charge in [0.15, 0.2) is 5.65 Å². The lowest BCUT2D eigenvalue weighted by Gasteiger charge is -2.14. The molecule has 0 atom stereocenters. The molecule has 108 valence electrons. The molecule has 3 aromatic rings. The highest BCUT2D eigenvalue weighted by Crippen LogP contribution is 2.24. The molecule has 0 saturated carbocycles. The average Bonchev–Trinajstić information content (AvgIpc) is 2.96. The zero-order valence-corrected chi connectivity index (χ0v) is 12.7. The number of benzene rings is 1. The number of aryl methyl sites for hydroxylation is 1. The van der Waals surface area contributed by atoms with Gasteiger partial charge in [0.1, 0.15) is 12.2 Å². The SMILES string of the molecule is CCc1c(CC(C)C)nc(-c2ccccc2)n2cnnc12. The van der Waals surface area contributed by atoms with Gasteiger partial charge in [-0.05, 0) is 18.8 Å². The van der Waals surface area contributed by atoms with Gasteiger partial charge < -0.3 is 0 Å². The van der Waals surface area contributed by atoms with E-state index in [9.17, 15) is 0 Å². The minimum atomic E-state index is 0.566. The summed E-state index contributed by atoms with van der Waals surface area (Å²) >= 11 is 0. The van der Waals surface area contributed by atoms with Crippen LogP contribution in [0.15, 0.2) is 36.7 Å². The van der Waals surface area contributed by atoms with Crippen LogP contribution in [-0.2, 0) is 12.8 Å². The van der Waals surface area contributed by atoms with E-state index < -0.39 is 0 Å². The average molecular weight is 280 g/mol. The van der Waals surface area contributed by atoms with E-state index in [1.807, 2.05) is 22.6 Å². The summed E-state index contributed by atoms with van der Waals surface area (Å²) in [6.45, 7) is 6.59. The van der Waals surface area contributed by atoms with E-state index in [1.54, 1.807) is 6.33 Å². The second kappa shape index (κ2) is 5.64. The highest BCUT2D eigenvalue weighted by molar-refractivity contribution is 5.62. The summed E-state index contributed by atoms with van der Waals surface area (Å²) in [5.74, 6) is 1.49. The van der Waals surface area contributed by atoms with Crippen molar-refractivity contribution in [2.24, 2.45) is 5.92 Å². The van der Waals surface area contributed by atoms with Crippen LogP contribution in [0.3, 0.4) is 0 Å². The second-order valence-electron chi connectivity index (χ2n) is 5.70. The third-order valence-electron chi connectivity index (χ3n) is 3.62. The Morgan fingerprint density at radius 1 is 1.14 bits per heavy atom. The van der Waals surface area contributed by atoms with Crippen molar-refractivity contribution in [3.63, 3.8) is 0 Å². The first-order valence-electron chi connectivity index (χ1n) is 7.47. The van der Waals surface area contributed by atoms with E-state index in [0.717, 1.165) is 35.6 Å². The van der Waals surface area contributed by atoms with Gasteiger partial charge in [0, 0.05) is 11.1 Å². The smallest absolute Gasteiger partial charge is 0.167 e. The molecule has 0 spiro atoms. The largest absolute Gasteiger partial charge is 0.265 e. The van der Waals surface area contributed by atoms with E-state index in [1.165, 1.54) is 5.56 Å². The summed E-state index contributed by atoms with van der Waals surface area (Å²) in [7, 11) is 0. The van der Waals surface area contributed by atoms with Crippen molar-refractivity contribution in [3.8, 4) is 11.4 Å². The fourth-order valence-corrected chi connectivity index (χ4v) is 2.68. The summed E-state index contributed by atoms with van der Waals surface area (Å²) in [6, 6.07) is 10.2. The quantitative estimate of drug-likeness (QED) is 0.734. The van der Waals surface area contributed by atoms with Crippen LogP contribution in [0.2, 0.25) is 0 Å². The summed E-state index contributed by atoms with van der Waals surface area (Å²) in [4.78, 5) is 4.94. The van der Waals surface area contributed by atoms with Crippen molar-refractivity contribution in [3.05, 3.63) is 47.9 Å². The molecule has 0 fully saturated rings. The monoisotopic (exact) mass is 280 g/mol. The van der Waals surface area contributed by atoms with Crippen molar-refractivity contribution in [1.29, 1.82) is 0 Å². The maximum atomic E-state index is 4.94. The number of hydrogen-bond donors (Lipinski definition) is 0. The van der Waals surface area contributed by atoms with Crippen molar-refractivity contribution >= 4 is 5.65 Å². The van der Waals surface area contributed by atoms with Crippen LogP contribution >= 0.6 is 0 Å². The fourth-order valence-electron chi connectivity index (χ4n) is 2.68. The van der Waals surface area contributed by atoms with E-state index in [2.05, 4.69) is 43.1 Å². The Hall–Kier alpha value is -2.23. The van der Waals surface area contributed by atoms with Crippen LogP contribution in [0.1, 0.15) is 32.0 Å². The molecule has 0 aliphatic heterocycles. The Balaban J connectivity index is 2.27. The van der Waals surface area contributed by atoms with Crippen LogP contribution < -0.4 is 0 Å². The van der Waals surface area contributed by atoms with Crippen molar-refractivity contribution in [1.82, 2.24) is 19.6 Å². The topological polar surface area (TPSA) is 43.1 Å². The molecule has 0 amide bonds. The van der Waals surface area contributed by atoms with Gasteiger partial charge >= 0.3 is 0 Å². The van der Waals surface area contributed by atoms with Crippen LogP contribution in [0.25, 0.3) is 17.0 Å². The summed E-state index contributed by atoms with van der Waals surface area (Å²) < 4.78 is 2.00. The van der Waals surface area contributed by atoms with Crippen LogP contribution in [0.4, 0.5) is 0 Å². The number of rotatable bonds is 4. The number of fused-ring (bicyclic) bond motifs is 1. The highest BCUT2D eigenvalue weighted by atomic mass is 15.2. The molecule has 0 bridgehead atoms. The Morgan fingerprint density at radius 3 is 2.57 bits per heavy atom. The molecule has 0 N–H and O–H groups in total. The van der Waals surface area contributed by atoms with E-state index >= 15 is 0 Å². The third kappa shape index (κ3) is 2.53. The molecule has 0 saturated heterocycles. The number of nitrogens with zero attached hydrogens (tertiary/aromatic N) is 4. The maximum absolute atomic E-state index is 4.94. The molecule has 2 aromatic heterocycles. The van der Waals surface area contributed by atoms with Gasteiger partial charge in [-0.25, -0.2) is 4.98 Å². The Morgan fingerprint density at radius 2 is 1.90 bits per heavy atom. The van der Waals surface area contributed by atoms with E-state index in [0.29, 0.717) is 5.92 Å². The molecule has 1 aromatic carbocycles. The standard InChI is InChI=1S/C17H20N4/c1-4-14-15(10-12(2)3)19-16(13-8-6-5-7-9-13)21-11-18-20-17(14)21/h5-9,11-12H,4,10H2,1-3H3. The third-order valence-corrected chi connectivity index (χ3v) is 3.62. The van der Waals surface area contributed by atoms with Gasteiger partial charge in [0.2, 0.25) is 0 Å². The Bertz CT molecular complexity index is 744. The van der Waals surface area contributed by atoms with E-state index in [4.69, 9.17) is 4.98 Å². The molecule has 0 radical (unpaired) electrons. The Kier molecular flexibility index (Phi) is 3.69. The van der Waals surface area contributed by atoms with Crippen LogP contribution in [0, 0.1) is 5.92 Å². The molecule has 0 aliphatic rings. The van der Waals surface area contributed by atoms with Gasteiger partial charge in [-0.15, -0.1) is 10.2 Å². The first-order valence-corrected chi connectivity index (χ1v) is 7.47. The first-order chi connectivity index (χ1) is 10.2. The minimum Gasteiger partial charge on any atom is -0.265 e. The van der Waals surface area contributed by atoms with Gasteiger partial charge in [0.05, 0.1) is 5.69 Å². The highest BCUT2D eigenvalue weighted by Gasteiger charge is 2.16. The Labute approximate surface area is 124 Å². The van der Waals surface area contributed by atoms with Gasteiger partial charge in [-0.3, -0.25) is 4.40 Å². The fraction of sp³-hybridized carbons (Fsp3) is 0.353. The van der Waals surface area contributed by atoms with Crippen LogP contribution in [-0.4, -0.2) is 19.6 Å². The maximum Gasteiger partial charge on any atom is 0.167 e. The number of aromatic nitrogens is 4. The summed E-state index contributed by atoms with van der Waals surface area (Å²) in [5.41, 5.74) is 4.38. The molecule has 4 heteroatoms. The van der Waals surface area contributed by atoms with Crippen molar-refractivity contribution in [2.75, 3.05) is 0 Å². The first kappa shape index (κ1) is 13.7. The minimum absolute atomic E-state index is 0.566. The molecule has 0 unspecified atom stereocenters. The summed E-state index contributed by atoms with van der Waals surface area (Å²) in [5, 5.41) is 8.41. The molecular formula is C17H20N4. The van der Waals surface area contributed by atoms with Crippen LogP contribution in [0.5, 0.6) is 0 Å². The van der Waals surface area contributed by atoms with Crippen molar-refractivity contribution in [2.45, 2.75) is 33.6 Å². The lowest BCUT2D eigenvalue weighted by atomic mass is 10.0. The number of hydrogen-bond acceptors (Lipinski definition) is 3. The molecule has 0 aliphatic carbocycles. The zero-order chi connectivity index (χ0) is 14.8. The van der Waals surface area contributed by atoms with E-state index in [-0.39, 0.29) is 0 Å². The summed E-state index contributed by atoms with van der Waals surface area (Å²) in [6.07, 6.45) is 3.64. The molecule has 3 rings (SSSR count). The molecule has 21 heavy (non-hydrogen) atoms.